The van der Waals surface area contributed by atoms with Gasteiger partial charge in [-0.05, 0) is 25.5 Å². The first-order valence-corrected chi connectivity index (χ1v) is 6.35. The van der Waals surface area contributed by atoms with Gasteiger partial charge < -0.3 is 24.3 Å². The molecule has 0 aliphatic rings. The van der Waals surface area contributed by atoms with E-state index in [1.54, 1.807) is 26.4 Å². The summed E-state index contributed by atoms with van der Waals surface area (Å²) in [5, 5.41) is 2.55. The highest BCUT2D eigenvalue weighted by Gasteiger charge is 2.10. The molecule has 6 nitrogen and oxygen atoms in total. The quantitative estimate of drug-likeness (QED) is 0.776. The Hall–Kier alpha value is -1.79. The van der Waals surface area contributed by atoms with Crippen LogP contribution in [0.5, 0.6) is 11.5 Å². The van der Waals surface area contributed by atoms with Crippen LogP contribution < -0.4 is 14.8 Å². The summed E-state index contributed by atoms with van der Waals surface area (Å²) in [4.78, 5) is 11.4. The molecule has 0 aliphatic heterocycles. The number of benzene rings is 1. The van der Waals surface area contributed by atoms with Gasteiger partial charge in [0.25, 0.3) is 0 Å². The van der Waals surface area contributed by atoms with Crippen LogP contribution in [0.25, 0.3) is 0 Å². The summed E-state index contributed by atoms with van der Waals surface area (Å²) in [6, 6.07) is 5.19. The molecule has 1 aromatic rings. The molecule has 0 heterocycles. The zero-order valence-electron chi connectivity index (χ0n) is 12.3. The van der Waals surface area contributed by atoms with E-state index in [2.05, 4.69) is 5.32 Å². The molecule has 20 heavy (non-hydrogen) atoms. The number of carbonyl (C=O) groups excluding carboxylic acids is 1. The highest BCUT2D eigenvalue weighted by atomic mass is 16.7. The van der Waals surface area contributed by atoms with Crippen LogP contribution >= 0.6 is 0 Å². The molecule has 0 unspecified atom stereocenters. The first-order chi connectivity index (χ1) is 9.60. The average Bonchev–Trinajstić information content (AvgIpc) is 2.43. The number of amides is 1. The zero-order chi connectivity index (χ0) is 15.0. The van der Waals surface area contributed by atoms with Crippen molar-refractivity contribution >= 4 is 6.09 Å². The van der Waals surface area contributed by atoms with Gasteiger partial charge >= 0.3 is 6.09 Å². The number of aryl methyl sites for hydroxylation is 1. The van der Waals surface area contributed by atoms with E-state index in [0.717, 1.165) is 5.56 Å². The molecule has 0 aromatic heterocycles. The topological polar surface area (TPSA) is 66.0 Å². The van der Waals surface area contributed by atoms with Crippen LogP contribution in [0.1, 0.15) is 12.5 Å². The van der Waals surface area contributed by atoms with Crippen LogP contribution in [0.2, 0.25) is 0 Å². The molecule has 0 atom stereocenters. The van der Waals surface area contributed by atoms with Gasteiger partial charge in [-0.15, -0.1) is 0 Å². The van der Waals surface area contributed by atoms with Crippen molar-refractivity contribution in [2.75, 3.05) is 27.4 Å². The third kappa shape index (κ3) is 5.07. The summed E-state index contributed by atoms with van der Waals surface area (Å²) in [7, 11) is 3.08. The fourth-order valence-electron chi connectivity index (χ4n) is 1.48. The smallest absolute Gasteiger partial charge is 0.412 e. The molecule has 1 amide bonds. The second kappa shape index (κ2) is 8.39. The number of hydrogen-bond acceptors (Lipinski definition) is 5. The van der Waals surface area contributed by atoms with Gasteiger partial charge in [0.05, 0.1) is 0 Å². The molecular weight excluding hydrogens is 262 g/mol. The Morgan fingerprint density at radius 1 is 1.30 bits per heavy atom. The van der Waals surface area contributed by atoms with E-state index in [1.165, 1.54) is 0 Å². The van der Waals surface area contributed by atoms with Crippen molar-refractivity contribution in [3.63, 3.8) is 0 Å². The van der Waals surface area contributed by atoms with Gasteiger partial charge in [0, 0.05) is 26.8 Å². The van der Waals surface area contributed by atoms with E-state index in [1.807, 2.05) is 19.9 Å². The van der Waals surface area contributed by atoms with Gasteiger partial charge in [-0.2, -0.15) is 0 Å². The number of rotatable bonds is 7. The zero-order valence-corrected chi connectivity index (χ0v) is 12.3. The SMILES string of the molecule is CCNC(=O)Oc1ccc(C)c(OCC(OC)OC)c1. The second-order valence-electron chi connectivity index (χ2n) is 4.06. The monoisotopic (exact) mass is 283 g/mol. The molecule has 0 bridgehead atoms. The maximum atomic E-state index is 11.4. The summed E-state index contributed by atoms with van der Waals surface area (Å²) in [6.07, 6.45) is -0.934. The molecule has 112 valence electrons. The van der Waals surface area contributed by atoms with E-state index >= 15 is 0 Å². The van der Waals surface area contributed by atoms with E-state index in [0.29, 0.717) is 18.0 Å². The lowest BCUT2D eigenvalue weighted by atomic mass is 10.2. The van der Waals surface area contributed by atoms with Crippen LogP contribution in [0.3, 0.4) is 0 Å². The van der Waals surface area contributed by atoms with Gasteiger partial charge in [-0.25, -0.2) is 4.79 Å². The van der Waals surface area contributed by atoms with E-state index in [9.17, 15) is 4.79 Å². The third-order valence-electron chi connectivity index (χ3n) is 2.59. The molecule has 1 rings (SSSR count). The van der Waals surface area contributed by atoms with Gasteiger partial charge in [0.2, 0.25) is 0 Å². The molecule has 0 saturated heterocycles. The Bertz CT molecular complexity index is 432. The van der Waals surface area contributed by atoms with Crippen molar-refractivity contribution in [3.05, 3.63) is 23.8 Å². The number of hydrogen-bond donors (Lipinski definition) is 1. The summed E-state index contributed by atoms with van der Waals surface area (Å²) < 4.78 is 20.8. The minimum Gasteiger partial charge on any atom is -0.488 e. The number of ether oxygens (including phenoxy) is 4. The standard InChI is InChI=1S/C14H21NO5/c1-5-15-14(16)20-11-7-6-10(2)12(8-11)19-9-13(17-3)18-4/h6-8,13H,5,9H2,1-4H3,(H,15,16). The van der Waals surface area contributed by atoms with Crippen molar-refractivity contribution in [3.8, 4) is 11.5 Å². The van der Waals surface area contributed by atoms with Crippen LogP contribution in [-0.2, 0) is 9.47 Å². The maximum Gasteiger partial charge on any atom is 0.412 e. The van der Waals surface area contributed by atoms with E-state index < -0.39 is 12.4 Å². The molecule has 6 heteroatoms. The largest absolute Gasteiger partial charge is 0.488 e. The first kappa shape index (κ1) is 16.3. The molecule has 1 N–H and O–H groups in total. The van der Waals surface area contributed by atoms with Crippen molar-refractivity contribution in [2.45, 2.75) is 20.1 Å². The number of nitrogens with one attached hydrogen (secondary N) is 1. The van der Waals surface area contributed by atoms with Gasteiger partial charge in [-0.3, -0.25) is 0 Å². The Morgan fingerprint density at radius 3 is 2.60 bits per heavy atom. The fraction of sp³-hybridized carbons (Fsp3) is 0.500. The summed E-state index contributed by atoms with van der Waals surface area (Å²) in [6.45, 7) is 4.48. The highest BCUT2D eigenvalue weighted by molar-refractivity contribution is 5.70. The van der Waals surface area contributed by atoms with Crippen molar-refractivity contribution < 1.29 is 23.7 Å². The highest BCUT2D eigenvalue weighted by Crippen LogP contribution is 2.24. The minimum absolute atomic E-state index is 0.248. The third-order valence-corrected chi connectivity index (χ3v) is 2.59. The fourth-order valence-corrected chi connectivity index (χ4v) is 1.48. The minimum atomic E-state index is -0.492. The lowest BCUT2D eigenvalue weighted by Crippen LogP contribution is -2.26. The van der Waals surface area contributed by atoms with E-state index in [4.69, 9.17) is 18.9 Å². The van der Waals surface area contributed by atoms with Crippen molar-refractivity contribution in [2.24, 2.45) is 0 Å². The Kier molecular flexibility index (Phi) is 6.83. The van der Waals surface area contributed by atoms with Crippen LogP contribution in [0, 0.1) is 6.92 Å². The van der Waals surface area contributed by atoms with Gasteiger partial charge in [0.15, 0.2) is 6.29 Å². The Morgan fingerprint density at radius 2 is 2.00 bits per heavy atom. The summed E-state index contributed by atoms with van der Waals surface area (Å²) in [5.74, 6) is 1.04. The van der Waals surface area contributed by atoms with Crippen LogP contribution in [0.4, 0.5) is 4.79 Å². The van der Waals surface area contributed by atoms with Gasteiger partial charge in [0.1, 0.15) is 18.1 Å². The lowest BCUT2D eigenvalue weighted by Gasteiger charge is -2.16. The second-order valence-corrected chi connectivity index (χ2v) is 4.06. The Balaban J connectivity index is 2.68. The summed E-state index contributed by atoms with van der Waals surface area (Å²) >= 11 is 0. The van der Waals surface area contributed by atoms with Gasteiger partial charge in [-0.1, -0.05) is 6.07 Å². The molecular formula is C14H21NO5. The average molecular weight is 283 g/mol. The number of carbonyl (C=O) groups is 1. The van der Waals surface area contributed by atoms with Crippen LogP contribution in [0.15, 0.2) is 18.2 Å². The normalized spacial score (nSPS) is 10.4. The maximum absolute atomic E-state index is 11.4. The molecule has 0 spiro atoms. The van der Waals surface area contributed by atoms with Crippen LogP contribution in [-0.4, -0.2) is 39.8 Å². The molecule has 0 fully saturated rings. The van der Waals surface area contributed by atoms with Crippen molar-refractivity contribution in [1.82, 2.24) is 5.32 Å². The molecule has 1 aromatic carbocycles. The lowest BCUT2D eigenvalue weighted by molar-refractivity contribution is -0.122. The molecule has 0 saturated carbocycles. The van der Waals surface area contributed by atoms with E-state index in [-0.39, 0.29) is 6.61 Å². The van der Waals surface area contributed by atoms with Crippen molar-refractivity contribution in [1.29, 1.82) is 0 Å². The summed E-state index contributed by atoms with van der Waals surface area (Å²) in [5.41, 5.74) is 0.930. The first-order valence-electron chi connectivity index (χ1n) is 6.35. The number of methoxy groups -OCH3 is 2. The predicted molar refractivity (Wildman–Crippen MR) is 74.2 cm³/mol. The Labute approximate surface area is 119 Å². The predicted octanol–water partition coefficient (Wildman–Crippen LogP) is 2.10. The molecule has 0 radical (unpaired) electrons. The molecule has 0 aliphatic carbocycles.